The minimum atomic E-state index is -0.297. The first kappa shape index (κ1) is 22.1. The van der Waals surface area contributed by atoms with Gasteiger partial charge in [0.05, 0.1) is 6.42 Å². The third-order valence-electron chi connectivity index (χ3n) is 5.37. The van der Waals surface area contributed by atoms with Crippen LogP contribution in [0.1, 0.15) is 37.7 Å². The lowest BCUT2D eigenvalue weighted by Crippen LogP contribution is -2.45. The highest BCUT2D eigenvalue weighted by atomic mass is 19.1. The summed E-state index contributed by atoms with van der Waals surface area (Å²) in [6.45, 7) is 2.75. The number of hydrogen-bond acceptors (Lipinski definition) is 3. The SMILES string of the molecule is CN=C(NCCNC(=O)Cc1ccc(F)cc1)NCC1(CCOC)CCCC1. The second kappa shape index (κ2) is 11.6. The van der Waals surface area contributed by atoms with Crippen LogP contribution in [0, 0.1) is 11.2 Å². The first-order valence-corrected chi connectivity index (χ1v) is 10.0. The lowest BCUT2D eigenvalue weighted by molar-refractivity contribution is -0.120. The number of aliphatic imine (C=N–C) groups is 1. The molecule has 0 radical (unpaired) electrons. The van der Waals surface area contributed by atoms with E-state index in [9.17, 15) is 9.18 Å². The number of guanidine groups is 1. The van der Waals surface area contributed by atoms with E-state index in [4.69, 9.17) is 4.74 Å². The zero-order valence-corrected chi connectivity index (χ0v) is 17.0. The summed E-state index contributed by atoms with van der Waals surface area (Å²) < 4.78 is 18.2. The topological polar surface area (TPSA) is 74.8 Å². The molecule has 0 atom stereocenters. The zero-order valence-electron chi connectivity index (χ0n) is 17.0. The fourth-order valence-corrected chi connectivity index (χ4v) is 3.68. The molecule has 1 amide bonds. The molecule has 6 nitrogen and oxygen atoms in total. The summed E-state index contributed by atoms with van der Waals surface area (Å²) in [4.78, 5) is 16.2. The molecule has 0 spiro atoms. The average molecular weight is 393 g/mol. The largest absolute Gasteiger partial charge is 0.385 e. The van der Waals surface area contributed by atoms with Crippen molar-refractivity contribution in [2.75, 3.05) is 40.4 Å². The van der Waals surface area contributed by atoms with Crippen molar-refractivity contribution in [3.05, 3.63) is 35.6 Å². The summed E-state index contributed by atoms with van der Waals surface area (Å²) in [6.07, 6.45) is 6.30. The van der Waals surface area contributed by atoms with E-state index in [-0.39, 0.29) is 23.6 Å². The number of nitrogens with one attached hydrogen (secondary N) is 3. The van der Waals surface area contributed by atoms with Crippen molar-refractivity contribution in [2.24, 2.45) is 10.4 Å². The van der Waals surface area contributed by atoms with Gasteiger partial charge in [0.25, 0.3) is 0 Å². The highest BCUT2D eigenvalue weighted by Gasteiger charge is 2.33. The summed E-state index contributed by atoms with van der Waals surface area (Å²) in [5.74, 6) is 0.367. The van der Waals surface area contributed by atoms with Crippen LogP contribution in [-0.4, -0.2) is 52.3 Å². The number of carbonyl (C=O) groups is 1. The van der Waals surface area contributed by atoms with Gasteiger partial charge in [-0.25, -0.2) is 4.39 Å². The fraction of sp³-hybridized carbons (Fsp3) is 0.619. The van der Waals surface area contributed by atoms with E-state index in [2.05, 4.69) is 20.9 Å². The van der Waals surface area contributed by atoms with Gasteiger partial charge in [-0.05, 0) is 42.4 Å². The normalized spacial score (nSPS) is 16.0. The lowest BCUT2D eigenvalue weighted by Gasteiger charge is -2.30. The number of carbonyl (C=O) groups excluding carboxylic acids is 1. The van der Waals surface area contributed by atoms with Crippen molar-refractivity contribution in [3.63, 3.8) is 0 Å². The molecule has 1 aromatic carbocycles. The van der Waals surface area contributed by atoms with Gasteiger partial charge in [-0.2, -0.15) is 0 Å². The van der Waals surface area contributed by atoms with Crippen molar-refractivity contribution in [2.45, 2.75) is 38.5 Å². The zero-order chi connectivity index (χ0) is 20.2. The molecule has 1 saturated carbocycles. The van der Waals surface area contributed by atoms with Gasteiger partial charge in [-0.3, -0.25) is 9.79 Å². The molecule has 7 heteroatoms. The lowest BCUT2D eigenvalue weighted by atomic mass is 9.83. The van der Waals surface area contributed by atoms with E-state index >= 15 is 0 Å². The maximum atomic E-state index is 12.9. The van der Waals surface area contributed by atoms with Crippen LogP contribution >= 0.6 is 0 Å². The number of hydrogen-bond donors (Lipinski definition) is 3. The Kier molecular flexibility index (Phi) is 9.20. The Morgan fingerprint density at radius 2 is 1.82 bits per heavy atom. The van der Waals surface area contributed by atoms with Crippen LogP contribution in [0.15, 0.2) is 29.3 Å². The van der Waals surface area contributed by atoms with Gasteiger partial charge in [0, 0.05) is 40.4 Å². The number of amides is 1. The van der Waals surface area contributed by atoms with Crippen LogP contribution < -0.4 is 16.0 Å². The first-order valence-electron chi connectivity index (χ1n) is 10.0. The van der Waals surface area contributed by atoms with Crippen molar-refractivity contribution >= 4 is 11.9 Å². The number of ether oxygens (including phenoxy) is 1. The Hall–Kier alpha value is -2.15. The maximum absolute atomic E-state index is 12.9. The maximum Gasteiger partial charge on any atom is 0.224 e. The van der Waals surface area contributed by atoms with Gasteiger partial charge >= 0.3 is 0 Å². The highest BCUT2D eigenvalue weighted by molar-refractivity contribution is 5.80. The number of nitrogens with zero attached hydrogens (tertiary/aromatic N) is 1. The standard InChI is InChI=1S/C21H33FN4O2/c1-23-20(26-16-21(11-14-28-2)9-3-4-10-21)25-13-12-24-19(27)15-17-5-7-18(22)8-6-17/h5-8H,3-4,9-16H2,1-2H3,(H,24,27)(H2,23,25,26). The molecule has 1 aliphatic carbocycles. The van der Waals surface area contributed by atoms with Crippen LogP contribution in [0.5, 0.6) is 0 Å². The molecule has 1 aromatic rings. The van der Waals surface area contributed by atoms with E-state index in [1.165, 1.54) is 37.8 Å². The minimum Gasteiger partial charge on any atom is -0.385 e. The Morgan fingerprint density at radius 1 is 1.14 bits per heavy atom. The molecule has 1 aliphatic rings. The molecule has 28 heavy (non-hydrogen) atoms. The van der Waals surface area contributed by atoms with Crippen LogP contribution in [0.3, 0.4) is 0 Å². The minimum absolute atomic E-state index is 0.0826. The van der Waals surface area contributed by atoms with Crippen molar-refractivity contribution in [1.82, 2.24) is 16.0 Å². The van der Waals surface area contributed by atoms with Gasteiger partial charge in [0.1, 0.15) is 5.82 Å². The van der Waals surface area contributed by atoms with Crippen LogP contribution in [-0.2, 0) is 16.0 Å². The molecule has 1 fully saturated rings. The molecule has 0 aromatic heterocycles. The number of halogens is 1. The summed E-state index contributed by atoms with van der Waals surface area (Å²) in [5, 5.41) is 9.53. The Bertz CT molecular complexity index is 628. The molecule has 2 rings (SSSR count). The predicted molar refractivity (Wildman–Crippen MR) is 110 cm³/mol. The third kappa shape index (κ3) is 7.46. The highest BCUT2D eigenvalue weighted by Crippen LogP contribution is 2.40. The molecule has 0 heterocycles. The molecule has 0 unspecified atom stereocenters. The smallest absolute Gasteiger partial charge is 0.224 e. The Labute approximate surface area is 167 Å². The summed E-state index contributed by atoms with van der Waals surface area (Å²) in [7, 11) is 3.50. The third-order valence-corrected chi connectivity index (χ3v) is 5.37. The predicted octanol–water partition coefficient (Wildman–Crippen LogP) is 2.25. The molecule has 0 bridgehead atoms. The van der Waals surface area contributed by atoms with Crippen LogP contribution in [0.2, 0.25) is 0 Å². The van der Waals surface area contributed by atoms with Crippen molar-refractivity contribution in [3.8, 4) is 0 Å². The first-order chi connectivity index (χ1) is 13.6. The van der Waals surface area contributed by atoms with Gasteiger partial charge < -0.3 is 20.7 Å². The molecule has 156 valence electrons. The molecule has 0 saturated heterocycles. The molecular weight excluding hydrogens is 359 g/mol. The summed E-state index contributed by atoms with van der Waals surface area (Å²) in [6, 6.07) is 5.98. The second-order valence-electron chi connectivity index (χ2n) is 7.46. The van der Waals surface area contributed by atoms with Crippen LogP contribution in [0.4, 0.5) is 4.39 Å². The van der Waals surface area contributed by atoms with Gasteiger partial charge in [0.2, 0.25) is 5.91 Å². The quantitative estimate of drug-likeness (QED) is 0.324. The average Bonchev–Trinajstić information content (AvgIpc) is 3.17. The second-order valence-corrected chi connectivity index (χ2v) is 7.46. The molecule has 3 N–H and O–H groups in total. The number of methoxy groups -OCH3 is 1. The van der Waals surface area contributed by atoms with E-state index in [1.807, 2.05) is 0 Å². The molecular formula is C21H33FN4O2. The van der Waals surface area contributed by atoms with E-state index in [0.29, 0.717) is 13.1 Å². The number of benzene rings is 1. The Balaban J connectivity index is 1.66. The van der Waals surface area contributed by atoms with Crippen molar-refractivity contribution < 1.29 is 13.9 Å². The van der Waals surface area contributed by atoms with E-state index < -0.39 is 0 Å². The summed E-state index contributed by atoms with van der Waals surface area (Å²) >= 11 is 0. The van der Waals surface area contributed by atoms with Gasteiger partial charge in [0.15, 0.2) is 5.96 Å². The summed E-state index contributed by atoms with van der Waals surface area (Å²) in [5.41, 5.74) is 1.08. The molecule has 0 aliphatic heterocycles. The van der Waals surface area contributed by atoms with Crippen LogP contribution in [0.25, 0.3) is 0 Å². The number of rotatable bonds is 10. The van der Waals surface area contributed by atoms with E-state index in [0.717, 1.165) is 31.1 Å². The van der Waals surface area contributed by atoms with Gasteiger partial charge in [-0.1, -0.05) is 25.0 Å². The van der Waals surface area contributed by atoms with Gasteiger partial charge in [-0.15, -0.1) is 0 Å². The fourth-order valence-electron chi connectivity index (χ4n) is 3.68. The monoisotopic (exact) mass is 392 g/mol. The van der Waals surface area contributed by atoms with E-state index in [1.54, 1.807) is 26.3 Å². The van der Waals surface area contributed by atoms with Crippen molar-refractivity contribution in [1.29, 1.82) is 0 Å². The Morgan fingerprint density at radius 3 is 2.46 bits per heavy atom.